The summed E-state index contributed by atoms with van der Waals surface area (Å²) in [6.07, 6.45) is 0. The molecule has 0 fully saturated rings. The summed E-state index contributed by atoms with van der Waals surface area (Å²) in [6.45, 7) is 0. The molecule has 0 aliphatic rings. The lowest BCUT2D eigenvalue weighted by molar-refractivity contribution is 0.873. The minimum Gasteiger partial charge on any atom is -0.297 e. The summed E-state index contributed by atoms with van der Waals surface area (Å²) in [5.74, 6) is 0. The molecule has 0 saturated heterocycles. The lowest BCUT2D eigenvalue weighted by atomic mass is 10.2. The van der Waals surface area contributed by atoms with Crippen LogP contribution in [0.2, 0.25) is 10.2 Å². The van der Waals surface area contributed by atoms with Gasteiger partial charge in [0.25, 0.3) is 5.56 Å². The number of hydrogen-bond acceptors (Lipinski definition) is 3. The van der Waals surface area contributed by atoms with Gasteiger partial charge in [-0.1, -0.05) is 23.2 Å². The maximum Gasteiger partial charge on any atom is 0.334 e. The van der Waals surface area contributed by atoms with Crippen molar-refractivity contribution in [3.8, 4) is 11.8 Å². The molecule has 5 nitrogen and oxygen atoms in total. The molecule has 1 aromatic carbocycles. The molecular weight excluding hydrogens is 277 g/mol. The molecule has 0 radical (unpaired) electrons. The summed E-state index contributed by atoms with van der Waals surface area (Å²) < 4.78 is 0.802. The van der Waals surface area contributed by atoms with Crippen LogP contribution in [0.1, 0.15) is 5.56 Å². The smallest absolute Gasteiger partial charge is 0.297 e. The highest BCUT2D eigenvalue weighted by molar-refractivity contribution is 6.30. The van der Waals surface area contributed by atoms with Gasteiger partial charge in [-0.15, -0.1) is 0 Å². The fourth-order valence-corrected chi connectivity index (χ4v) is 1.82. The number of benzene rings is 1. The van der Waals surface area contributed by atoms with Gasteiger partial charge in [0.15, 0.2) is 0 Å². The Morgan fingerprint density at radius 1 is 1.22 bits per heavy atom. The first kappa shape index (κ1) is 12.4. The van der Waals surface area contributed by atoms with E-state index in [1.807, 2.05) is 6.07 Å². The van der Waals surface area contributed by atoms with Crippen molar-refractivity contribution in [1.29, 1.82) is 5.26 Å². The van der Waals surface area contributed by atoms with Gasteiger partial charge in [0.2, 0.25) is 0 Å². The van der Waals surface area contributed by atoms with Crippen LogP contribution in [-0.4, -0.2) is 9.55 Å². The van der Waals surface area contributed by atoms with Gasteiger partial charge in [-0.05, 0) is 18.2 Å². The average Bonchev–Trinajstić information content (AvgIpc) is 2.28. The van der Waals surface area contributed by atoms with Gasteiger partial charge < -0.3 is 0 Å². The second-order valence-corrected chi connectivity index (χ2v) is 4.21. The maximum absolute atomic E-state index is 11.7. The lowest BCUT2D eigenvalue weighted by Crippen LogP contribution is -2.33. The van der Waals surface area contributed by atoms with Crippen LogP contribution in [-0.2, 0) is 0 Å². The SMILES string of the molecule is N#Cc1ccc(Cl)cc1-n1c(=O)cc(Cl)[nH]c1=O. The van der Waals surface area contributed by atoms with Crippen molar-refractivity contribution in [2.45, 2.75) is 0 Å². The van der Waals surface area contributed by atoms with Crippen LogP contribution in [0.25, 0.3) is 5.69 Å². The second-order valence-electron chi connectivity index (χ2n) is 3.37. The molecule has 2 aromatic rings. The Balaban J connectivity index is 2.86. The number of rotatable bonds is 1. The molecule has 7 heteroatoms. The molecule has 90 valence electrons. The number of nitrogens with zero attached hydrogens (tertiary/aromatic N) is 2. The predicted octanol–water partition coefficient (Wildman–Crippen LogP) is 1.70. The van der Waals surface area contributed by atoms with Gasteiger partial charge in [0.05, 0.1) is 11.3 Å². The third-order valence-corrected chi connectivity index (χ3v) is 2.66. The van der Waals surface area contributed by atoms with Crippen LogP contribution in [0.5, 0.6) is 0 Å². The van der Waals surface area contributed by atoms with Crippen molar-refractivity contribution in [2.24, 2.45) is 0 Å². The third-order valence-electron chi connectivity index (χ3n) is 2.22. The van der Waals surface area contributed by atoms with Gasteiger partial charge >= 0.3 is 5.69 Å². The minimum atomic E-state index is -0.730. The van der Waals surface area contributed by atoms with Crippen LogP contribution >= 0.6 is 23.2 Å². The number of aromatic nitrogens is 2. The molecule has 1 N–H and O–H groups in total. The summed E-state index contributed by atoms with van der Waals surface area (Å²) in [4.78, 5) is 25.7. The van der Waals surface area contributed by atoms with Crippen LogP contribution in [0.15, 0.2) is 33.9 Å². The Morgan fingerprint density at radius 2 is 1.94 bits per heavy atom. The number of hydrogen-bond donors (Lipinski definition) is 1. The second kappa shape index (κ2) is 4.69. The van der Waals surface area contributed by atoms with Gasteiger partial charge in [0.1, 0.15) is 11.2 Å². The van der Waals surface area contributed by atoms with Crippen molar-refractivity contribution >= 4 is 23.2 Å². The van der Waals surface area contributed by atoms with Gasteiger partial charge in [-0.2, -0.15) is 5.26 Å². The molecule has 0 spiro atoms. The molecule has 2 rings (SSSR count). The Bertz CT molecular complexity index is 740. The van der Waals surface area contributed by atoms with E-state index in [0.717, 1.165) is 10.6 Å². The van der Waals surface area contributed by atoms with E-state index in [-0.39, 0.29) is 16.4 Å². The normalized spacial score (nSPS) is 10.1. The molecular formula is C11H5Cl2N3O2. The largest absolute Gasteiger partial charge is 0.334 e. The molecule has 0 unspecified atom stereocenters. The van der Waals surface area contributed by atoms with Crippen LogP contribution in [0.4, 0.5) is 0 Å². The number of aromatic amines is 1. The zero-order valence-electron chi connectivity index (χ0n) is 8.78. The van der Waals surface area contributed by atoms with Crippen molar-refractivity contribution in [2.75, 3.05) is 0 Å². The zero-order valence-corrected chi connectivity index (χ0v) is 10.3. The molecule has 18 heavy (non-hydrogen) atoms. The Hall–Kier alpha value is -2.03. The van der Waals surface area contributed by atoms with Crippen molar-refractivity contribution in [1.82, 2.24) is 9.55 Å². The standard InChI is InChI=1S/C11H5Cl2N3O2/c12-7-2-1-6(5-14)8(3-7)16-10(17)4-9(13)15-11(16)18/h1-4H,(H,15,18). The summed E-state index contributed by atoms with van der Waals surface area (Å²) >= 11 is 11.4. The highest BCUT2D eigenvalue weighted by Crippen LogP contribution is 2.17. The minimum absolute atomic E-state index is 0.0678. The molecule has 1 aromatic heterocycles. The first-order chi connectivity index (χ1) is 8.52. The van der Waals surface area contributed by atoms with Crippen molar-refractivity contribution < 1.29 is 0 Å². The van der Waals surface area contributed by atoms with Crippen molar-refractivity contribution in [3.63, 3.8) is 0 Å². The fraction of sp³-hybridized carbons (Fsp3) is 0. The number of nitriles is 1. The van der Waals surface area contributed by atoms with E-state index in [2.05, 4.69) is 4.98 Å². The predicted molar refractivity (Wildman–Crippen MR) is 67.4 cm³/mol. The van der Waals surface area contributed by atoms with E-state index in [9.17, 15) is 9.59 Å². The summed E-state index contributed by atoms with van der Waals surface area (Å²) in [7, 11) is 0. The van der Waals surface area contributed by atoms with Gasteiger partial charge in [0, 0.05) is 11.1 Å². The molecule has 0 atom stereocenters. The van der Waals surface area contributed by atoms with E-state index in [0.29, 0.717) is 5.02 Å². The highest BCUT2D eigenvalue weighted by Gasteiger charge is 2.11. The summed E-state index contributed by atoms with van der Waals surface area (Å²) in [5.41, 5.74) is -1.09. The molecule has 0 bridgehead atoms. The van der Waals surface area contributed by atoms with Crippen LogP contribution in [0.3, 0.4) is 0 Å². The Kier molecular flexibility index (Phi) is 3.24. The maximum atomic E-state index is 11.7. The van der Waals surface area contributed by atoms with E-state index in [4.69, 9.17) is 28.5 Å². The Labute approximate surface area is 111 Å². The molecule has 1 heterocycles. The average molecular weight is 282 g/mol. The van der Waals surface area contributed by atoms with Gasteiger partial charge in [-0.3, -0.25) is 9.78 Å². The molecule has 0 aliphatic carbocycles. The van der Waals surface area contributed by atoms with E-state index >= 15 is 0 Å². The molecule has 0 saturated carbocycles. The third kappa shape index (κ3) is 2.16. The molecule has 0 aliphatic heterocycles. The monoisotopic (exact) mass is 281 g/mol. The first-order valence-electron chi connectivity index (χ1n) is 4.75. The van der Waals surface area contributed by atoms with Gasteiger partial charge in [-0.25, -0.2) is 9.36 Å². The Morgan fingerprint density at radius 3 is 2.56 bits per heavy atom. The topological polar surface area (TPSA) is 78.7 Å². The lowest BCUT2D eigenvalue weighted by Gasteiger charge is -2.06. The zero-order chi connectivity index (χ0) is 13.3. The van der Waals surface area contributed by atoms with Crippen molar-refractivity contribution in [3.05, 3.63) is 60.8 Å². The first-order valence-corrected chi connectivity index (χ1v) is 5.50. The van der Waals surface area contributed by atoms with E-state index in [1.165, 1.54) is 18.2 Å². The van der Waals surface area contributed by atoms with E-state index < -0.39 is 11.2 Å². The summed E-state index contributed by atoms with van der Waals surface area (Å²) in [5, 5.41) is 9.20. The fourth-order valence-electron chi connectivity index (χ4n) is 1.48. The number of nitrogens with one attached hydrogen (secondary N) is 1. The van der Waals surface area contributed by atoms with E-state index in [1.54, 1.807) is 0 Å². The summed E-state index contributed by atoms with van der Waals surface area (Å²) in [6, 6.07) is 7.23. The molecule has 0 amide bonds. The quantitative estimate of drug-likeness (QED) is 0.808. The highest BCUT2D eigenvalue weighted by atomic mass is 35.5. The number of halogens is 2. The van der Waals surface area contributed by atoms with Crippen LogP contribution in [0, 0.1) is 11.3 Å². The van der Waals surface area contributed by atoms with Crippen LogP contribution < -0.4 is 11.2 Å². The number of H-pyrrole nitrogens is 1.